The summed E-state index contributed by atoms with van der Waals surface area (Å²) in [5.41, 5.74) is 11.4. The maximum Gasteiger partial charge on any atom is 0.204 e. The average molecular weight is 563 g/mol. The molecule has 0 spiro atoms. The lowest BCUT2D eigenvalue weighted by molar-refractivity contribution is 0.306. The van der Waals surface area contributed by atoms with E-state index in [4.69, 9.17) is 38.7 Å². The molecule has 0 saturated carbocycles. The van der Waals surface area contributed by atoms with Crippen LogP contribution >= 0.6 is 23.2 Å². The first-order valence-electron chi connectivity index (χ1n) is 12.8. The Labute approximate surface area is 237 Å². The van der Waals surface area contributed by atoms with E-state index in [1.165, 1.54) is 0 Å². The smallest absolute Gasteiger partial charge is 0.204 e. The Hall–Kier alpha value is -3.72. The van der Waals surface area contributed by atoms with E-state index in [1.54, 1.807) is 6.07 Å². The fourth-order valence-electron chi connectivity index (χ4n) is 4.33. The van der Waals surface area contributed by atoms with E-state index in [9.17, 15) is 0 Å². The number of H-pyrrole nitrogens is 1. The SMILES string of the molecule is CCCCn1cc(-c2ccc(Cl)cc2Cl)nc1[C@@H](N)Cc1ccc(OCc2ccc(-c3nn[nH]n3)cc2)cc1. The zero-order valence-electron chi connectivity index (χ0n) is 21.5. The lowest BCUT2D eigenvalue weighted by Crippen LogP contribution is -2.19. The monoisotopic (exact) mass is 561 g/mol. The molecule has 3 N–H and O–H groups in total. The van der Waals surface area contributed by atoms with E-state index in [0.29, 0.717) is 28.9 Å². The zero-order chi connectivity index (χ0) is 27.2. The number of nitrogens with one attached hydrogen (secondary N) is 1. The van der Waals surface area contributed by atoms with E-state index in [1.807, 2.05) is 66.9 Å². The number of benzene rings is 3. The number of ether oxygens (including phenoxy) is 1. The van der Waals surface area contributed by atoms with Gasteiger partial charge in [0, 0.05) is 28.9 Å². The van der Waals surface area contributed by atoms with Crippen LogP contribution in [0.25, 0.3) is 22.6 Å². The Morgan fingerprint density at radius 1 is 1.00 bits per heavy atom. The van der Waals surface area contributed by atoms with Crippen molar-refractivity contribution in [3.05, 3.63) is 99.9 Å². The van der Waals surface area contributed by atoms with Gasteiger partial charge in [-0.05, 0) is 59.5 Å². The summed E-state index contributed by atoms with van der Waals surface area (Å²) in [6.07, 6.45) is 4.80. The molecule has 0 saturated heterocycles. The van der Waals surface area contributed by atoms with Gasteiger partial charge in [0.15, 0.2) is 0 Å². The Balaban J connectivity index is 1.23. The number of nitrogens with two attached hydrogens (primary N) is 1. The van der Waals surface area contributed by atoms with Gasteiger partial charge in [0.05, 0.1) is 16.8 Å². The number of halogens is 2. The molecule has 2 heterocycles. The molecule has 200 valence electrons. The van der Waals surface area contributed by atoms with E-state index >= 15 is 0 Å². The van der Waals surface area contributed by atoms with Crippen LogP contribution in [0.1, 0.15) is 42.8 Å². The summed E-state index contributed by atoms with van der Waals surface area (Å²) >= 11 is 12.6. The highest BCUT2D eigenvalue weighted by Crippen LogP contribution is 2.31. The van der Waals surface area contributed by atoms with E-state index < -0.39 is 0 Å². The third-order valence-electron chi connectivity index (χ3n) is 6.44. The molecular formula is C29H29Cl2N7O. The van der Waals surface area contributed by atoms with Gasteiger partial charge in [0.25, 0.3) is 0 Å². The summed E-state index contributed by atoms with van der Waals surface area (Å²) in [6.45, 7) is 3.47. The second-order valence-electron chi connectivity index (χ2n) is 9.33. The Morgan fingerprint density at radius 2 is 1.77 bits per heavy atom. The summed E-state index contributed by atoms with van der Waals surface area (Å²) in [4.78, 5) is 4.90. The number of unbranched alkanes of at least 4 members (excludes halogenated alkanes) is 1. The van der Waals surface area contributed by atoms with Crippen molar-refractivity contribution in [1.29, 1.82) is 0 Å². The summed E-state index contributed by atoms with van der Waals surface area (Å²) in [6, 6.07) is 21.1. The maximum absolute atomic E-state index is 6.69. The molecule has 0 aliphatic rings. The van der Waals surface area contributed by atoms with Crippen LogP contribution < -0.4 is 10.5 Å². The molecule has 0 radical (unpaired) electrons. The van der Waals surface area contributed by atoms with Crippen LogP contribution in [0.5, 0.6) is 5.75 Å². The van der Waals surface area contributed by atoms with Gasteiger partial charge in [-0.3, -0.25) is 0 Å². The van der Waals surface area contributed by atoms with Crippen LogP contribution in [0.15, 0.2) is 72.9 Å². The molecule has 0 bridgehead atoms. The normalized spacial score (nSPS) is 12.0. The highest BCUT2D eigenvalue weighted by molar-refractivity contribution is 6.36. The number of aromatic amines is 1. The van der Waals surface area contributed by atoms with Crippen LogP contribution in [0.3, 0.4) is 0 Å². The second kappa shape index (κ2) is 12.4. The molecule has 5 rings (SSSR count). The van der Waals surface area contributed by atoms with Gasteiger partial charge in [0.2, 0.25) is 5.82 Å². The molecule has 0 amide bonds. The molecule has 8 nitrogen and oxygen atoms in total. The summed E-state index contributed by atoms with van der Waals surface area (Å²) in [5.74, 6) is 2.20. The molecular weight excluding hydrogens is 533 g/mol. The van der Waals surface area contributed by atoms with Gasteiger partial charge < -0.3 is 15.0 Å². The second-order valence-corrected chi connectivity index (χ2v) is 10.2. The third kappa shape index (κ3) is 6.65. The van der Waals surface area contributed by atoms with Gasteiger partial charge in [-0.1, -0.05) is 72.9 Å². The standard InChI is InChI=1S/C29H29Cl2N7O/c1-2-3-14-38-17-27(24-13-10-22(30)16-25(24)31)33-29(38)26(32)15-19-6-11-23(12-7-19)39-18-20-4-8-21(9-5-20)28-34-36-37-35-28/h4-13,16-17,26H,2-3,14-15,18,32H2,1H3,(H,34,35,36,37)/t26-/m0/s1. The lowest BCUT2D eigenvalue weighted by atomic mass is 10.1. The van der Waals surface area contributed by atoms with E-state index in [2.05, 4.69) is 32.1 Å². The van der Waals surface area contributed by atoms with Crippen LogP contribution in [0.2, 0.25) is 10.0 Å². The van der Waals surface area contributed by atoms with Gasteiger partial charge in [-0.2, -0.15) is 5.21 Å². The molecule has 0 unspecified atom stereocenters. The number of aryl methyl sites for hydroxylation is 1. The minimum atomic E-state index is -0.272. The Morgan fingerprint density at radius 3 is 2.46 bits per heavy atom. The average Bonchev–Trinajstić information content (AvgIpc) is 3.63. The number of hydrogen-bond donors (Lipinski definition) is 2. The minimum absolute atomic E-state index is 0.272. The largest absolute Gasteiger partial charge is 0.489 e. The number of tetrazole rings is 1. The van der Waals surface area contributed by atoms with Gasteiger partial charge in [0.1, 0.15) is 18.2 Å². The number of aromatic nitrogens is 6. The van der Waals surface area contributed by atoms with Gasteiger partial charge in [-0.25, -0.2) is 4.98 Å². The van der Waals surface area contributed by atoms with Crippen LogP contribution in [0.4, 0.5) is 0 Å². The van der Waals surface area contributed by atoms with Crippen molar-refractivity contribution in [2.24, 2.45) is 5.73 Å². The predicted octanol–water partition coefficient (Wildman–Crippen LogP) is 6.66. The van der Waals surface area contributed by atoms with Crippen LogP contribution in [-0.2, 0) is 19.6 Å². The Bertz CT molecular complexity index is 1500. The quantitative estimate of drug-likeness (QED) is 0.187. The molecule has 2 aromatic heterocycles. The molecule has 3 aromatic carbocycles. The number of nitrogens with zero attached hydrogens (tertiary/aromatic N) is 5. The summed E-state index contributed by atoms with van der Waals surface area (Å²) in [7, 11) is 0. The lowest BCUT2D eigenvalue weighted by Gasteiger charge is -2.14. The van der Waals surface area contributed by atoms with Gasteiger partial charge in [-0.15, -0.1) is 10.2 Å². The highest BCUT2D eigenvalue weighted by Gasteiger charge is 2.18. The van der Waals surface area contributed by atoms with Crippen LogP contribution in [0, 0.1) is 0 Å². The topological polar surface area (TPSA) is 108 Å². The number of imidazole rings is 1. The molecule has 1 atom stereocenters. The maximum atomic E-state index is 6.69. The molecule has 0 aliphatic heterocycles. The van der Waals surface area contributed by atoms with Crippen molar-refractivity contribution in [2.75, 3.05) is 0 Å². The van der Waals surface area contributed by atoms with E-state index in [0.717, 1.165) is 58.9 Å². The fraction of sp³-hybridized carbons (Fsp3) is 0.241. The molecule has 10 heteroatoms. The number of rotatable bonds is 11. The van der Waals surface area contributed by atoms with Crippen molar-refractivity contribution < 1.29 is 4.74 Å². The van der Waals surface area contributed by atoms with E-state index in [-0.39, 0.29) is 6.04 Å². The first-order chi connectivity index (χ1) is 19.0. The summed E-state index contributed by atoms with van der Waals surface area (Å²) < 4.78 is 8.13. The fourth-order valence-corrected chi connectivity index (χ4v) is 4.83. The van der Waals surface area contributed by atoms with Crippen molar-refractivity contribution in [2.45, 2.75) is 45.4 Å². The van der Waals surface area contributed by atoms with Crippen LogP contribution in [-0.4, -0.2) is 30.2 Å². The minimum Gasteiger partial charge on any atom is -0.489 e. The zero-order valence-corrected chi connectivity index (χ0v) is 23.0. The first-order valence-corrected chi connectivity index (χ1v) is 13.6. The first kappa shape index (κ1) is 26.9. The van der Waals surface area contributed by atoms with Crippen molar-refractivity contribution in [1.82, 2.24) is 30.2 Å². The van der Waals surface area contributed by atoms with Crippen molar-refractivity contribution in [3.63, 3.8) is 0 Å². The van der Waals surface area contributed by atoms with Crippen molar-refractivity contribution >= 4 is 23.2 Å². The predicted molar refractivity (Wildman–Crippen MR) is 154 cm³/mol. The molecule has 0 fully saturated rings. The van der Waals surface area contributed by atoms with Gasteiger partial charge >= 0.3 is 0 Å². The van der Waals surface area contributed by atoms with Crippen molar-refractivity contribution in [3.8, 4) is 28.4 Å². The number of hydrogen-bond acceptors (Lipinski definition) is 6. The molecule has 39 heavy (non-hydrogen) atoms. The summed E-state index contributed by atoms with van der Waals surface area (Å²) in [5, 5.41) is 15.2. The Kier molecular flexibility index (Phi) is 8.56. The highest BCUT2D eigenvalue weighted by atomic mass is 35.5. The molecule has 0 aliphatic carbocycles. The third-order valence-corrected chi connectivity index (χ3v) is 6.99. The molecule has 5 aromatic rings.